The zero-order valence-corrected chi connectivity index (χ0v) is 14.4. The van der Waals surface area contributed by atoms with Crippen molar-refractivity contribution >= 4 is 17.7 Å². The molecule has 1 atom stereocenters. The van der Waals surface area contributed by atoms with Crippen LogP contribution in [0.5, 0.6) is 5.75 Å². The van der Waals surface area contributed by atoms with Crippen molar-refractivity contribution in [3.63, 3.8) is 0 Å². The number of para-hydroxylation sites is 1. The van der Waals surface area contributed by atoms with Crippen LogP contribution >= 0.6 is 11.8 Å². The Bertz CT molecular complexity index is 599. The molecule has 23 heavy (non-hydrogen) atoms. The van der Waals surface area contributed by atoms with Crippen molar-refractivity contribution in [2.24, 2.45) is 0 Å². The van der Waals surface area contributed by atoms with E-state index >= 15 is 0 Å². The maximum atomic E-state index is 12.0. The quantitative estimate of drug-likeness (QED) is 0.748. The molecule has 1 amide bonds. The lowest BCUT2D eigenvalue weighted by molar-refractivity contribution is -0.127. The molecule has 0 unspecified atom stereocenters. The number of aryl methyl sites for hydroxylation is 1. The summed E-state index contributed by atoms with van der Waals surface area (Å²) in [6.45, 7) is 4.50. The van der Waals surface area contributed by atoms with E-state index < -0.39 is 6.10 Å². The molecule has 0 fully saturated rings. The van der Waals surface area contributed by atoms with E-state index in [1.165, 1.54) is 11.1 Å². The summed E-state index contributed by atoms with van der Waals surface area (Å²) in [6, 6.07) is 17.9. The Morgan fingerprint density at radius 1 is 1.13 bits per heavy atom. The normalized spacial score (nSPS) is 11.7. The van der Waals surface area contributed by atoms with E-state index in [1.807, 2.05) is 42.1 Å². The first-order chi connectivity index (χ1) is 11.1. The SMILES string of the molecule is Cc1ccc(CSCCNC(=O)[C@@H](C)Oc2ccccc2)cc1. The van der Waals surface area contributed by atoms with Crippen LogP contribution in [0.2, 0.25) is 0 Å². The van der Waals surface area contributed by atoms with Gasteiger partial charge in [0.2, 0.25) is 0 Å². The Balaban J connectivity index is 1.61. The highest BCUT2D eigenvalue weighted by atomic mass is 32.2. The van der Waals surface area contributed by atoms with Crippen LogP contribution < -0.4 is 10.1 Å². The van der Waals surface area contributed by atoms with Gasteiger partial charge in [0.05, 0.1) is 0 Å². The second-order valence-corrected chi connectivity index (χ2v) is 6.51. The van der Waals surface area contributed by atoms with Crippen molar-refractivity contribution in [3.05, 3.63) is 65.7 Å². The minimum atomic E-state index is -0.487. The zero-order valence-electron chi connectivity index (χ0n) is 13.6. The average molecular weight is 329 g/mol. The van der Waals surface area contributed by atoms with Crippen LogP contribution in [-0.4, -0.2) is 24.3 Å². The summed E-state index contributed by atoms with van der Waals surface area (Å²) in [5.74, 6) is 2.48. The second kappa shape index (κ2) is 9.26. The molecule has 4 heteroatoms. The first-order valence-corrected chi connectivity index (χ1v) is 8.93. The van der Waals surface area contributed by atoms with Crippen molar-refractivity contribution < 1.29 is 9.53 Å². The molecule has 0 heterocycles. The van der Waals surface area contributed by atoms with Gasteiger partial charge in [-0.15, -0.1) is 0 Å². The number of nitrogens with one attached hydrogen (secondary N) is 1. The van der Waals surface area contributed by atoms with Crippen molar-refractivity contribution in [1.29, 1.82) is 0 Å². The molecule has 0 aliphatic rings. The summed E-state index contributed by atoms with van der Waals surface area (Å²) >= 11 is 1.81. The summed E-state index contributed by atoms with van der Waals surface area (Å²) in [4.78, 5) is 12.0. The number of ether oxygens (including phenoxy) is 1. The number of thioether (sulfide) groups is 1. The molecule has 2 rings (SSSR count). The molecule has 1 N–H and O–H groups in total. The third-order valence-electron chi connectivity index (χ3n) is 3.36. The summed E-state index contributed by atoms with van der Waals surface area (Å²) < 4.78 is 5.59. The Labute approximate surface area is 142 Å². The third kappa shape index (κ3) is 6.37. The number of rotatable bonds is 8. The molecule has 0 bridgehead atoms. The Hall–Kier alpha value is -1.94. The monoisotopic (exact) mass is 329 g/mol. The van der Waals surface area contributed by atoms with Crippen LogP contribution in [0.4, 0.5) is 0 Å². The summed E-state index contributed by atoms with van der Waals surface area (Å²) in [6.07, 6.45) is -0.487. The number of hydrogen-bond acceptors (Lipinski definition) is 3. The molecule has 122 valence electrons. The van der Waals surface area contributed by atoms with Gasteiger partial charge in [-0.3, -0.25) is 4.79 Å². The molecule has 0 aromatic heterocycles. The molecule has 2 aromatic rings. The topological polar surface area (TPSA) is 38.3 Å². The fourth-order valence-corrected chi connectivity index (χ4v) is 2.84. The second-order valence-electron chi connectivity index (χ2n) is 5.40. The predicted octanol–water partition coefficient (Wildman–Crippen LogP) is 3.81. The van der Waals surface area contributed by atoms with E-state index in [-0.39, 0.29) is 5.91 Å². The molecule has 0 spiro atoms. The van der Waals surface area contributed by atoms with Gasteiger partial charge >= 0.3 is 0 Å². The average Bonchev–Trinajstić information content (AvgIpc) is 2.57. The minimum Gasteiger partial charge on any atom is -0.481 e. The van der Waals surface area contributed by atoms with E-state index in [9.17, 15) is 4.79 Å². The number of hydrogen-bond donors (Lipinski definition) is 1. The first-order valence-electron chi connectivity index (χ1n) is 7.78. The Morgan fingerprint density at radius 3 is 2.52 bits per heavy atom. The highest BCUT2D eigenvalue weighted by molar-refractivity contribution is 7.98. The lowest BCUT2D eigenvalue weighted by Crippen LogP contribution is -2.37. The van der Waals surface area contributed by atoms with Gasteiger partial charge in [0.25, 0.3) is 5.91 Å². The van der Waals surface area contributed by atoms with Crippen LogP contribution in [0.25, 0.3) is 0 Å². The number of carbonyl (C=O) groups is 1. The van der Waals surface area contributed by atoms with Crippen LogP contribution in [0.3, 0.4) is 0 Å². The van der Waals surface area contributed by atoms with Crippen molar-refractivity contribution in [1.82, 2.24) is 5.32 Å². The van der Waals surface area contributed by atoms with Gasteiger partial charge in [-0.2, -0.15) is 11.8 Å². The number of benzene rings is 2. The standard InChI is InChI=1S/C19H23NO2S/c1-15-8-10-17(11-9-15)14-23-13-12-20-19(21)16(2)22-18-6-4-3-5-7-18/h3-11,16H,12-14H2,1-2H3,(H,20,21)/t16-/m1/s1. The van der Waals surface area contributed by atoms with Gasteiger partial charge in [-0.25, -0.2) is 0 Å². The van der Waals surface area contributed by atoms with Gasteiger partial charge in [-0.05, 0) is 31.5 Å². The molecular weight excluding hydrogens is 306 g/mol. The van der Waals surface area contributed by atoms with Crippen molar-refractivity contribution in [2.45, 2.75) is 25.7 Å². The fraction of sp³-hybridized carbons (Fsp3) is 0.316. The molecule has 0 saturated heterocycles. The summed E-state index contributed by atoms with van der Waals surface area (Å²) in [5.41, 5.74) is 2.59. The van der Waals surface area contributed by atoms with Crippen LogP contribution in [0.15, 0.2) is 54.6 Å². The number of amides is 1. The molecule has 0 radical (unpaired) electrons. The van der Waals surface area contributed by atoms with E-state index in [4.69, 9.17) is 4.74 Å². The van der Waals surface area contributed by atoms with E-state index in [0.29, 0.717) is 12.3 Å². The Kier molecular flexibility index (Phi) is 7.01. The van der Waals surface area contributed by atoms with Gasteiger partial charge in [-0.1, -0.05) is 48.0 Å². The summed E-state index contributed by atoms with van der Waals surface area (Å²) in [7, 11) is 0. The maximum absolute atomic E-state index is 12.0. The molecule has 0 saturated carbocycles. The number of carbonyl (C=O) groups excluding carboxylic acids is 1. The van der Waals surface area contributed by atoms with Crippen LogP contribution in [0.1, 0.15) is 18.1 Å². The maximum Gasteiger partial charge on any atom is 0.260 e. The molecule has 0 aliphatic heterocycles. The molecule has 3 nitrogen and oxygen atoms in total. The van der Waals surface area contributed by atoms with E-state index in [1.54, 1.807) is 6.92 Å². The molecule has 0 aliphatic carbocycles. The highest BCUT2D eigenvalue weighted by Gasteiger charge is 2.13. The largest absolute Gasteiger partial charge is 0.481 e. The predicted molar refractivity (Wildman–Crippen MR) is 96.9 cm³/mol. The fourth-order valence-electron chi connectivity index (χ4n) is 2.02. The zero-order chi connectivity index (χ0) is 16.5. The summed E-state index contributed by atoms with van der Waals surface area (Å²) in [5, 5.41) is 2.91. The van der Waals surface area contributed by atoms with E-state index in [0.717, 1.165) is 11.5 Å². The Morgan fingerprint density at radius 2 is 1.83 bits per heavy atom. The van der Waals surface area contributed by atoms with Crippen molar-refractivity contribution in [3.8, 4) is 5.75 Å². The van der Waals surface area contributed by atoms with Gasteiger partial charge < -0.3 is 10.1 Å². The minimum absolute atomic E-state index is 0.0789. The van der Waals surface area contributed by atoms with Gasteiger partial charge in [0.1, 0.15) is 5.75 Å². The third-order valence-corrected chi connectivity index (χ3v) is 4.39. The van der Waals surface area contributed by atoms with E-state index in [2.05, 4.69) is 36.5 Å². The van der Waals surface area contributed by atoms with Crippen LogP contribution in [0, 0.1) is 6.92 Å². The highest BCUT2D eigenvalue weighted by Crippen LogP contribution is 2.13. The van der Waals surface area contributed by atoms with Crippen LogP contribution in [-0.2, 0) is 10.5 Å². The lowest BCUT2D eigenvalue weighted by atomic mass is 10.2. The molecular formula is C19H23NO2S. The smallest absolute Gasteiger partial charge is 0.260 e. The first kappa shape index (κ1) is 17.4. The van der Waals surface area contributed by atoms with Gasteiger partial charge in [0.15, 0.2) is 6.10 Å². The van der Waals surface area contributed by atoms with Gasteiger partial charge in [0, 0.05) is 18.1 Å². The lowest BCUT2D eigenvalue weighted by Gasteiger charge is -2.14. The van der Waals surface area contributed by atoms with Crippen molar-refractivity contribution in [2.75, 3.05) is 12.3 Å². The molecule has 2 aromatic carbocycles.